The topological polar surface area (TPSA) is 15.3 Å². The van der Waals surface area contributed by atoms with E-state index < -0.39 is 0 Å². The fraction of sp³-hybridized carbons (Fsp3) is 0.800. The minimum atomic E-state index is 1.09. The first-order valence-corrected chi connectivity index (χ1v) is 4.81. The van der Waals surface area contributed by atoms with Gasteiger partial charge in [0, 0.05) is 19.6 Å². The molecule has 0 saturated carbocycles. The Labute approximate surface area is 76.6 Å². The Kier molecular flexibility index (Phi) is 8.51. The minimum absolute atomic E-state index is 1.09. The van der Waals surface area contributed by atoms with Crippen molar-refractivity contribution in [3.63, 3.8) is 0 Å². The summed E-state index contributed by atoms with van der Waals surface area (Å²) >= 11 is 0. The van der Waals surface area contributed by atoms with Gasteiger partial charge >= 0.3 is 0 Å². The highest BCUT2D eigenvalue weighted by Gasteiger charge is 1.94. The average molecular weight is 170 g/mol. The molecule has 0 aliphatic carbocycles. The zero-order valence-electron chi connectivity index (χ0n) is 8.47. The summed E-state index contributed by atoms with van der Waals surface area (Å²) < 4.78 is 0. The molecule has 0 saturated heterocycles. The molecule has 0 rings (SSSR count). The summed E-state index contributed by atoms with van der Waals surface area (Å²) in [7, 11) is 2.15. The van der Waals surface area contributed by atoms with Crippen LogP contribution in [-0.2, 0) is 0 Å². The van der Waals surface area contributed by atoms with Crippen LogP contribution in [0.5, 0.6) is 0 Å². The van der Waals surface area contributed by atoms with Crippen LogP contribution < -0.4 is 5.32 Å². The summed E-state index contributed by atoms with van der Waals surface area (Å²) in [6.45, 7) is 10.4. The molecule has 0 unspecified atom stereocenters. The molecule has 0 amide bonds. The van der Waals surface area contributed by atoms with Crippen LogP contribution in [0.2, 0.25) is 0 Å². The Balaban J connectivity index is 3.07. The molecule has 0 radical (unpaired) electrons. The van der Waals surface area contributed by atoms with Crippen LogP contribution in [0.3, 0.4) is 0 Å². The van der Waals surface area contributed by atoms with Gasteiger partial charge in [0.05, 0.1) is 0 Å². The summed E-state index contributed by atoms with van der Waals surface area (Å²) in [6.07, 6.45) is 4.27. The van der Waals surface area contributed by atoms with Crippen molar-refractivity contribution in [2.75, 3.05) is 33.2 Å². The number of nitrogens with one attached hydrogen (secondary N) is 1. The molecule has 0 fully saturated rings. The maximum atomic E-state index is 3.70. The van der Waals surface area contributed by atoms with E-state index in [1.54, 1.807) is 0 Å². The third-order valence-electron chi connectivity index (χ3n) is 1.81. The zero-order chi connectivity index (χ0) is 9.23. The van der Waals surface area contributed by atoms with Crippen molar-refractivity contribution in [3.05, 3.63) is 12.7 Å². The van der Waals surface area contributed by atoms with E-state index in [-0.39, 0.29) is 0 Å². The molecular weight excluding hydrogens is 148 g/mol. The average Bonchev–Trinajstić information content (AvgIpc) is 2.09. The first-order chi connectivity index (χ1) is 5.81. The predicted molar refractivity (Wildman–Crippen MR) is 55.5 cm³/mol. The predicted octanol–water partition coefficient (Wildman–Crippen LogP) is 1.49. The van der Waals surface area contributed by atoms with Crippen LogP contribution >= 0.6 is 0 Å². The van der Waals surface area contributed by atoms with Crippen molar-refractivity contribution in [1.29, 1.82) is 0 Å². The molecule has 0 heterocycles. The summed E-state index contributed by atoms with van der Waals surface area (Å²) in [6, 6.07) is 0. The van der Waals surface area contributed by atoms with E-state index in [0.29, 0.717) is 0 Å². The van der Waals surface area contributed by atoms with Crippen LogP contribution in [-0.4, -0.2) is 38.1 Å². The van der Waals surface area contributed by atoms with Crippen molar-refractivity contribution < 1.29 is 0 Å². The van der Waals surface area contributed by atoms with E-state index in [1.165, 1.54) is 6.42 Å². The Bertz CT molecular complexity index is 102. The second kappa shape index (κ2) is 8.75. The van der Waals surface area contributed by atoms with E-state index in [4.69, 9.17) is 0 Å². The number of hydrogen-bond acceptors (Lipinski definition) is 2. The highest BCUT2D eigenvalue weighted by atomic mass is 15.1. The van der Waals surface area contributed by atoms with Gasteiger partial charge in [0.2, 0.25) is 0 Å². The third-order valence-corrected chi connectivity index (χ3v) is 1.81. The highest BCUT2D eigenvalue weighted by Crippen LogP contribution is 1.86. The van der Waals surface area contributed by atoms with E-state index in [1.807, 2.05) is 6.08 Å². The molecular formula is C10H22N2. The lowest BCUT2D eigenvalue weighted by molar-refractivity contribution is 0.338. The zero-order valence-corrected chi connectivity index (χ0v) is 8.47. The molecule has 12 heavy (non-hydrogen) atoms. The van der Waals surface area contributed by atoms with Crippen molar-refractivity contribution in [2.24, 2.45) is 0 Å². The lowest BCUT2D eigenvalue weighted by Gasteiger charge is -2.15. The van der Waals surface area contributed by atoms with E-state index in [9.17, 15) is 0 Å². The SMILES string of the molecule is C=CCCN(C)CCNCCC. The van der Waals surface area contributed by atoms with Gasteiger partial charge in [0.1, 0.15) is 0 Å². The Morgan fingerprint density at radius 2 is 2.08 bits per heavy atom. The van der Waals surface area contributed by atoms with E-state index in [0.717, 1.165) is 32.6 Å². The quantitative estimate of drug-likeness (QED) is 0.438. The summed E-state index contributed by atoms with van der Waals surface area (Å²) in [4.78, 5) is 2.32. The standard InChI is InChI=1S/C10H22N2/c1-4-6-9-12(3)10-8-11-7-5-2/h4,11H,1,5-10H2,2-3H3. The normalized spacial score (nSPS) is 10.6. The van der Waals surface area contributed by atoms with Gasteiger partial charge in [-0.1, -0.05) is 13.0 Å². The first kappa shape index (κ1) is 11.7. The Morgan fingerprint density at radius 1 is 1.33 bits per heavy atom. The van der Waals surface area contributed by atoms with Gasteiger partial charge in [-0.25, -0.2) is 0 Å². The monoisotopic (exact) mass is 170 g/mol. The summed E-state index contributed by atoms with van der Waals surface area (Å²) in [5.74, 6) is 0. The van der Waals surface area contributed by atoms with Crippen molar-refractivity contribution in [3.8, 4) is 0 Å². The Hall–Kier alpha value is -0.340. The van der Waals surface area contributed by atoms with Gasteiger partial charge in [-0.3, -0.25) is 0 Å². The van der Waals surface area contributed by atoms with Gasteiger partial charge in [0.15, 0.2) is 0 Å². The van der Waals surface area contributed by atoms with Gasteiger partial charge in [0.25, 0.3) is 0 Å². The molecule has 0 aliphatic rings. The van der Waals surface area contributed by atoms with E-state index in [2.05, 4.69) is 30.8 Å². The minimum Gasteiger partial charge on any atom is -0.315 e. The fourth-order valence-corrected chi connectivity index (χ4v) is 0.995. The molecule has 0 aromatic rings. The molecule has 0 aromatic carbocycles. The summed E-state index contributed by atoms with van der Waals surface area (Å²) in [5.41, 5.74) is 0. The molecule has 0 aliphatic heterocycles. The molecule has 0 aromatic heterocycles. The second-order valence-corrected chi connectivity index (χ2v) is 3.13. The fourth-order valence-electron chi connectivity index (χ4n) is 0.995. The van der Waals surface area contributed by atoms with Crippen LogP contribution in [0.25, 0.3) is 0 Å². The molecule has 0 spiro atoms. The maximum absolute atomic E-state index is 3.70. The van der Waals surface area contributed by atoms with Crippen LogP contribution in [0.15, 0.2) is 12.7 Å². The highest BCUT2D eigenvalue weighted by molar-refractivity contribution is 4.68. The first-order valence-electron chi connectivity index (χ1n) is 4.81. The summed E-state index contributed by atoms with van der Waals surface area (Å²) in [5, 5.41) is 3.37. The second-order valence-electron chi connectivity index (χ2n) is 3.13. The van der Waals surface area contributed by atoms with Crippen molar-refractivity contribution in [2.45, 2.75) is 19.8 Å². The lowest BCUT2D eigenvalue weighted by atomic mass is 10.4. The number of rotatable bonds is 8. The molecule has 1 N–H and O–H groups in total. The Morgan fingerprint density at radius 3 is 2.67 bits per heavy atom. The van der Waals surface area contributed by atoms with Gasteiger partial charge in [-0.05, 0) is 26.4 Å². The lowest BCUT2D eigenvalue weighted by Crippen LogP contribution is -2.30. The smallest absolute Gasteiger partial charge is 0.0104 e. The maximum Gasteiger partial charge on any atom is 0.0104 e. The number of likely N-dealkylation sites (N-methyl/N-ethyl adjacent to an activating group) is 1. The largest absolute Gasteiger partial charge is 0.315 e. The van der Waals surface area contributed by atoms with Gasteiger partial charge in [-0.2, -0.15) is 0 Å². The molecule has 2 nitrogen and oxygen atoms in total. The van der Waals surface area contributed by atoms with Crippen LogP contribution in [0, 0.1) is 0 Å². The molecule has 0 bridgehead atoms. The van der Waals surface area contributed by atoms with Crippen LogP contribution in [0.4, 0.5) is 0 Å². The van der Waals surface area contributed by atoms with Crippen molar-refractivity contribution >= 4 is 0 Å². The van der Waals surface area contributed by atoms with Gasteiger partial charge < -0.3 is 10.2 Å². The van der Waals surface area contributed by atoms with E-state index >= 15 is 0 Å². The van der Waals surface area contributed by atoms with Crippen molar-refractivity contribution in [1.82, 2.24) is 10.2 Å². The van der Waals surface area contributed by atoms with Gasteiger partial charge in [-0.15, -0.1) is 6.58 Å². The molecule has 2 heteroatoms. The van der Waals surface area contributed by atoms with Crippen LogP contribution in [0.1, 0.15) is 19.8 Å². The molecule has 0 atom stereocenters. The molecule has 72 valence electrons. The third kappa shape index (κ3) is 7.76. The number of nitrogens with zero attached hydrogens (tertiary/aromatic N) is 1. The number of hydrogen-bond donors (Lipinski definition) is 1.